The van der Waals surface area contributed by atoms with E-state index in [0.717, 1.165) is 43.7 Å². The van der Waals surface area contributed by atoms with Crippen molar-refractivity contribution in [2.45, 2.75) is 44.9 Å². The third-order valence-electron chi connectivity index (χ3n) is 5.98. The van der Waals surface area contributed by atoms with Gasteiger partial charge in [0.25, 0.3) is 0 Å². The van der Waals surface area contributed by atoms with Gasteiger partial charge in [0.1, 0.15) is 5.84 Å². The van der Waals surface area contributed by atoms with Gasteiger partial charge in [-0.05, 0) is 75.9 Å². The van der Waals surface area contributed by atoms with Crippen LogP contribution in [0.1, 0.15) is 50.7 Å². The van der Waals surface area contributed by atoms with Gasteiger partial charge in [0, 0.05) is 17.5 Å². The maximum absolute atomic E-state index is 11.9. The van der Waals surface area contributed by atoms with Crippen LogP contribution in [0.5, 0.6) is 0 Å². The van der Waals surface area contributed by atoms with Crippen LogP contribution in [-0.2, 0) is 10.2 Å². The normalized spacial score (nSPS) is 21.4. The van der Waals surface area contributed by atoms with Crippen LogP contribution in [-0.4, -0.2) is 32.3 Å². The number of amidine groups is 1. The van der Waals surface area contributed by atoms with Gasteiger partial charge in [-0.1, -0.05) is 36.4 Å². The standard InChI is InChI=1S/C24H30ClN3O/c1-6-7-21(19(15-29)16(2)25)28-22-14-18(17-10-12-27-13-11-17)8-9-20(22)24(3,4)23(28)26-5/h6-9,14-15,17,27H,2,10-13H2,1,3-5H3/b7-6-,21-19+,26-23?. The summed E-state index contributed by atoms with van der Waals surface area (Å²) in [4.78, 5) is 18.6. The minimum atomic E-state index is -0.287. The van der Waals surface area contributed by atoms with Gasteiger partial charge in [-0.15, -0.1) is 0 Å². The van der Waals surface area contributed by atoms with E-state index in [9.17, 15) is 4.79 Å². The fourth-order valence-corrected chi connectivity index (χ4v) is 4.66. The summed E-state index contributed by atoms with van der Waals surface area (Å²) < 4.78 is 0. The monoisotopic (exact) mass is 411 g/mol. The van der Waals surface area contributed by atoms with E-state index in [1.807, 2.05) is 19.1 Å². The second-order valence-electron chi connectivity index (χ2n) is 8.13. The van der Waals surface area contributed by atoms with Gasteiger partial charge in [0.15, 0.2) is 6.29 Å². The molecular weight excluding hydrogens is 382 g/mol. The molecule has 0 amide bonds. The van der Waals surface area contributed by atoms with Gasteiger partial charge in [-0.3, -0.25) is 14.7 Å². The molecule has 1 saturated heterocycles. The minimum absolute atomic E-state index is 0.226. The zero-order valence-electron chi connectivity index (χ0n) is 17.8. The van der Waals surface area contributed by atoms with Gasteiger partial charge >= 0.3 is 0 Å². The van der Waals surface area contributed by atoms with Crippen molar-refractivity contribution in [2.24, 2.45) is 4.99 Å². The highest BCUT2D eigenvalue weighted by Gasteiger charge is 2.43. The molecule has 1 fully saturated rings. The van der Waals surface area contributed by atoms with Crippen LogP contribution >= 0.6 is 11.6 Å². The van der Waals surface area contributed by atoms with Gasteiger partial charge in [-0.25, -0.2) is 0 Å². The first-order chi connectivity index (χ1) is 13.9. The largest absolute Gasteiger partial charge is 0.317 e. The van der Waals surface area contributed by atoms with Crippen molar-refractivity contribution in [1.29, 1.82) is 0 Å². The molecule has 3 rings (SSSR count). The Morgan fingerprint density at radius 3 is 2.59 bits per heavy atom. The number of hydrogen-bond acceptors (Lipinski definition) is 3. The van der Waals surface area contributed by atoms with Crippen molar-refractivity contribution < 1.29 is 4.79 Å². The van der Waals surface area contributed by atoms with Crippen LogP contribution in [0.25, 0.3) is 0 Å². The topological polar surface area (TPSA) is 44.7 Å². The number of halogens is 1. The molecule has 154 valence electrons. The predicted molar refractivity (Wildman–Crippen MR) is 123 cm³/mol. The summed E-state index contributed by atoms with van der Waals surface area (Å²) in [5.74, 6) is 1.43. The Hall–Kier alpha value is -2.17. The quantitative estimate of drug-likeness (QED) is 0.418. The van der Waals surface area contributed by atoms with E-state index in [-0.39, 0.29) is 10.4 Å². The summed E-state index contributed by atoms with van der Waals surface area (Å²) in [6.07, 6.45) is 6.86. The SMILES string of the molecule is C=C(Cl)/C(C=O)=C(\C=C/C)N1C(=NC)C(C)(C)c2ccc(C3CCNCC3)cc21. The van der Waals surface area contributed by atoms with Crippen molar-refractivity contribution in [3.05, 3.63) is 64.4 Å². The highest BCUT2D eigenvalue weighted by molar-refractivity contribution is 6.34. The third-order valence-corrected chi connectivity index (χ3v) is 6.18. The first kappa shape index (κ1) is 21.5. The van der Waals surface area contributed by atoms with E-state index in [2.05, 4.69) is 53.8 Å². The molecule has 0 spiro atoms. The number of piperidine rings is 1. The number of benzene rings is 1. The van der Waals surface area contributed by atoms with Gasteiger partial charge in [0.2, 0.25) is 0 Å². The Bertz CT molecular complexity index is 905. The lowest BCUT2D eigenvalue weighted by molar-refractivity contribution is -0.104. The van der Waals surface area contributed by atoms with Crippen LogP contribution in [0, 0.1) is 0 Å². The van der Waals surface area contributed by atoms with Crippen molar-refractivity contribution in [3.8, 4) is 0 Å². The predicted octanol–water partition coefficient (Wildman–Crippen LogP) is 5.06. The molecule has 5 heteroatoms. The number of carbonyl (C=O) groups excluding carboxylic acids is 1. The number of fused-ring (bicyclic) bond motifs is 1. The van der Waals surface area contributed by atoms with Crippen LogP contribution in [0.15, 0.2) is 58.2 Å². The van der Waals surface area contributed by atoms with Crippen LogP contribution < -0.4 is 10.2 Å². The number of rotatable bonds is 5. The number of aliphatic imine (C=N–C) groups is 1. The maximum Gasteiger partial charge on any atom is 0.153 e. The molecule has 4 nitrogen and oxygen atoms in total. The second-order valence-corrected chi connectivity index (χ2v) is 8.59. The number of carbonyl (C=O) groups is 1. The van der Waals surface area contributed by atoms with E-state index in [1.165, 1.54) is 11.1 Å². The molecule has 2 aliphatic rings. The van der Waals surface area contributed by atoms with E-state index in [0.29, 0.717) is 17.2 Å². The van der Waals surface area contributed by atoms with Gasteiger partial charge in [0.05, 0.1) is 17.0 Å². The molecule has 0 saturated carbocycles. The molecule has 1 aromatic carbocycles. The Labute approximate surface area is 179 Å². The number of nitrogens with zero attached hydrogens (tertiary/aromatic N) is 2. The highest BCUT2D eigenvalue weighted by Crippen LogP contribution is 2.46. The summed E-state index contributed by atoms with van der Waals surface area (Å²) in [6, 6.07) is 6.75. The molecule has 2 heterocycles. The first-order valence-electron chi connectivity index (χ1n) is 10.2. The molecule has 0 aliphatic carbocycles. The molecule has 0 radical (unpaired) electrons. The zero-order chi connectivity index (χ0) is 21.2. The van der Waals surface area contributed by atoms with E-state index in [1.54, 1.807) is 7.05 Å². The van der Waals surface area contributed by atoms with Gasteiger partial charge < -0.3 is 5.32 Å². The van der Waals surface area contributed by atoms with Crippen molar-refractivity contribution in [1.82, 2.24) is 5.32 Å². The fraction of sp³-hybridized carbons (Fsp3) is 0.417. The van der Waals surface area contributed by atoms with E-state index >= 15 is 0 Å². The van der Waals surface area contributed by atoms with Crippen LogP contribution in [0.3, 0.4) is 0 Å². The number of aldehydes is 1. The third kappa shape index (κ3) is 3.84. The zero-order valence-corrected chi connectivity index (χ0v) is 18.5. The fourth-order valence-electron chi connectivity index (χ4n) is 4.51. The lowest BCUT2D eigenvalue weighted by Crippen LogP contribution is -2.36. The minimum Gasteiger partial charge on any atom is -0.317 e. The number of nitrogens with one attached hydrogen (secondary N) is 1. The lowest BCUT2D eigenvalue weighted by Gasteiger charge is -2.27. The first-order valence-corrected chi connectivity index (χ1v) is 10.5. The Kier molecular flexibility index (Phi) is 6.45. The molecule has 0 atom stereocenters. The van der Waals surface area contributed by atoms with Crippen LogP contribution in [0.4, 0.5) is 5.69 Å². The Morgan fingerprint density at radius 2 is 2.03 bits per heavy atom. The molecular formula is C24H30ClN3O. The molecule has 2 aliphatic heterocycles. The van der Waals surface area contributed by atoms with E-state index < -0.39 is 0 Å². The van der Waals surface area contributed by atoms with Gasteiger partial charge in [-0.2, -0.15) is 0 Å². The highest BCUT2D eigenvalue weighted by atomic mass is 35.5. The molecule has 0 bridgehead atoms. The average Bonchev–Trinajstić information content (AvgIpc) is 2.94. The summed E-state index contributed by atoms with van der Waals surface area (Å²) in [7, 11) is 1.80. The Morgan fingerprint density at radius 1 is 1.34 bits per heavy atom. The molecule has 0 aromatic heterocycles. The molecule has 1 N–H and O–H groups in total. The smallest absolute Gasteiger partial charge is 0.153 e. The second kappa shape index (κ2) is 8.68. The average molecular weight is 412 g/mol. The number of hydrogen-bond donors (Lipinski definition) is 1. The Balaban J connectivity index is 2.24. The molecule has 1 aromatic rings. The number of allylic oxidation sites excluding steroid dienone is 4. The summed E-state index contributed by atoms with van der Waals surface area (Å²) in [5, 5.41) is 3.66. The molecule has 29 heavy (non-hydrogen) atoms. The van der Waals surface area contributed by atoms with E-state index in [4.69, 9.17) is 11.6 Å². The van der Waals surface area contributed by atoms with Crippen molar-refractivity contribution in [2.75, 3.05) is 25.0 Å². The lowest BCUT2D eigenvalue weighted by atomic mass is 9.83. The van der Waals surface area contributed by atoms with Crippen molar-refractivity contribution in [3.63, 3.8) is 0 Å². The van der Waals surface area contributed by atoms with Crippen molar-refractivity contribution >= 4 is 29.4 Å². The maximum atomic E-state index is 11.9. The van der Waals surface area contributed by atoms with Crippen LogP contribution in [0.2, 0.25) is 0 Å². The summed E-state index contributed by atoms with van der Waals surface area (Å²) >= 11 is 6.20. The number of anilines is 1. The summed E-state index contributed by atoms with van der Waals surface area (Å²) in [6.45, 7) is 12.2. The molecule has 0 unspecified atom stereocenters. The summed E-state index contributed by atoms with van der Waals surface area (Å²) in [5.41, 5.74) is 4.39.